The molecule has 2 bridgehead atoms. The third-order valence-electron chi connectivity index (χ3n) is 9.61. The number of fused-ring (bicyclic) bond motifs is 6. The second-order valence-electron chi connectivity index (χ2n) is 14.6. The normalized spacial score (nSPS) is 34.6. The summed E-state index contributed by atoms with van der Waals surface area (Å²) in [5.41, 5.74) is -0.370. The zero-order chi connectivity index (χ0) is 28.1. The van der Waals surface area contributed by atoms with Crippen LogP contribution in [-0.2, 0) is 19.7 Å². The first kappa shape index (κ1) is 33.0. The molecule has 3 rings (SSSR count). The quantitative estimate of drug-likeness (QED) is 0.299. The number of hydrogen-bond acceptors (Lipinski definition) is 4. The molecule has 2 aliphatic heterocycles. The molecule has 1 aromatic rings. The van der Waals surface area contributed by atoms with Crippen LogP contribution in [0.25, 0.3) is 0 Å². The van der Waals surface area contributed by atoms with Gasteiger partial charge < -0.3 is 13.3 Å². The second kappa shape index (κ2) is 13.6. The fraction of sp³-hybridized carbons (Fsp3) is 0.867. The van der Waals surface area contributed by atoms with Crippen molar-refractivity contribution in [3.05, 3.63) is 22.4 Å². The smallest absolute Gasteiger partial charge is 0.187 e. The van der Waals surface area contributed by atoms with Crippen LogP contribution in [0.4, 0.5) is 0 Å². The zero-order valence-electron chi connectivity index (χ0n) is 26.4. The largest absolute Gasteiger partial charge is 0.411 e. The van der Waals surface area contributed by atoms with Crippen LogP contribution in [0.1, 0.15) is 64.2 Å². The van der Waals surface area contributed by atoms with Crippen molar-refractivity contribution in [1.29, 1.82) is 0 Å². The van der Waals surface area contributed by atoms with E-state index in [9.17, 15) is 0 Å². The van der Waals surface area contributed by atoms with Crippen molar-refractivity contribution in [2.45, 2.75) is 165 Å². The fourth-order valence-electron chi connectivity index (χ4n) is 7.59. The Bertz CT molecular complexity index is 811. The van der Waals surface area contributed by atoms with Gasteiger partial charge >= 0.3 is 0 Å². The van der Waals surface area contributed by atoms with E-state index in [1.807, 2.05) is 11.3 Å². The van der Waals surface area contributed by atoms with Crippen molar-refractivity contribution in [2.75, 3.05) is 0 Å². The fourth-order valence-corrected chi connectivity index (χ4v) is 21.8. The highest BCUT2D eigenvalue weighted by atomic mass is 32.1. The first-order valence-corrected chi connectivity index (χ1v) is 28.9. The summed E-state index contributed by atoms with van der Waals surface area (Å²) in [4.78, 5) is 1.58. The number of hydrogen-bond donors (Lipinski definition) is 0. The lowest BCUT2D eigenvalue weighted by atomic mass is 9.89. The van der Waals surface area contributed by atoms with Crippen LogP contribution < -0.4 is 0 Å². The van der Waals surface area contributed by atoms with E-state index in [2.05, 4.69) is 77.6 Å². The maximum Gasteiger partial charge on any atom is 0.187 e. The van der Waals surface area contributed by atoms with Gasteiger partial charge in [0.25, 0.3) is 0 Å². The standard InChI is InChI=1S/C30H60O3SSi4/c1-10-28-30(3)29(11-2)32-36(6,7)21-15-25-38(24-14-20-35(4,5)31-28,26-16-22-37(8,9)33-30)23-13-18-27-17-12-19-34-27/h12,17,19,28-29H,10-11,13-16,18,20-26H2,1-9H3. The molecule has 0 aliphatic carbocycles. The van der Waals surface area contributed by atoms with E-state index in [1.165, 1.54) is 74.4 Å². The van der Waals surface area contributed by atoms with Crippen molar-refractivity contribution < 1.29 is 13.3 Å². The summed E-state index contributed by atoms with van der Waals surface area (Å²) in [6.45, 7) is 21.9. The minimum absolute atomic E-state index is 0.113. The molecule has 3 nitrogen and oxygen atoms in total. The summed E-state index contributed by atoms with van der Waals surface area (Å²) in [6, 6.07) is 14.4. The van der Waals surface area contributed by atoms with E-state index in [0.717, 1.165) is 12.8 Å². The molecule has 0 radical (unpaired) electrons. The topological polar surface area (TPSA) is 27.7 Å². The van der Waals surface area contributed by atoms with Crippen LogP contribution in [0.3, 0.4) is 0 Å². The Morgan fingerprint density at radius 1 is 0.789 bits per heavy atom. The van der Waals surface area contributed by atoms with Crippen LogP contribution in [-0.4, -0.2) is 50.8 Å². The first-order valence-electron chi connectivity index (χ1n) is 15.8. The molecule has 220 valence electrons. The Balaban J connectivity index is 2.02. The molecule has 2 saturated heterocycles. The molecule has 8 heteroatoms. The van der Waals surface area contributed by atoms with Gasteiger partial charge in [0.2, 0.25) is 0 Å². The van der Waals surface area contributed by atoms with Gasteiger partial charge in [-0.25, -0.2) is 0 Å². The Kier molecular flexibility index (Phi) is 11.8. The van der Waals surface area contributed by atoms with Gasteiger partial charge in [-0.3, -0.25) is 0 Å². The first-order chi connectivity index (χ1) is 17.7. The van der Waals surface area contributed by atoms with Gasteiger partial charge in [0, 0.05) is 4.88 Å². The molecule has 2 unspecified atom stereocenters. The molecular formula is C30H60O3SSi4. The van der Waals surface area contributed by atoms with Gasteiger partial charge in [-0.15, -0.1) is 11.3 Å². The van der Waals surface area contributed by atoms with Crippen molar-refractivity contribution in [3.8, 4) is 0 Å². The number of thiophene rings is 1. The predicted molar refractivity (Wildman–Crippen MR) is 178 cm³/mol. The summed E-state index contributed by atoms with van der Waals surface area (Å²) in [7, 11) is -6.98. The molecule has 0 N–H and O–H groups in total. The Morgan fingerprint density at radius 2 is 1.29 bits per heavy atom. The molecule has 0 saturated carbocycles. The lowest BCUT2D eigenvalue weighted by Gasteiger charge is -2.50. The van der Waals surface area contributed by atoms with E-state index in [0.29, 0.717) is 0 Å². The lowest BCUT2D eigenvalue weighted by Crippen LogP contribution is -2.61. The van der Waals surface area contributed by atoms with E-state index < -0.39 is 33.0 Å². The van der Waals surface area contributed by atoms with Crippen molar-refractivity contribution >= 4 is 44.4 Å². The molecule has 0 spiro atoms. The minimum Gasteiger partial charge on any atom is -0.411 e. The Labute approximate surface area is 244 Å². The molecule has 3 heterocycles. The van der Waals surface area contributed by atoms with Crippen molar-refractivity contribution in [1.82, 2.24) is 0 Å². The van der Waals surface area contributed by atoms with Gasteiger partial charge in [-0.1, -0.05) is 69.8 Å². The SMILES string of the molecule is CCC1O[Si](C)(C)CCC[Si]2(CCCc3cccs3)CCC[Si](C)(C)OC(CC)C1(C)O[Si](C)(C)CCC2. The third-order valence-corrected chi connectivity index (χ3v) is 23.7. The summed E-state index contributed by atoms with van der Waals surface area (Å²) < 4.78 is 21.9. The van der Waals surface area contributed by atoms with Gasteiger partial charge in [-0.05, 0) is 95.0 Å². The van der Waals surface area contributed by atoms with E-state index in [1.54, 1.807) is 4.88 Å². The van der Waals surface area contributed by atoms with Gasteiger partial charge in [0.15, 0.2) is 25.0 Å². The highest BCUT2D eigenvalue weighted by Crippen LogP contribution is 2.42. The average Bonchev–Trinajstić information content (AvgIpc) is 3.32. The molecular weight excluding hydrogens is 553 g/mol. The van der Waals surface area contributed by atoms with Crippen LogP contribution in [0.5, 0.6) is 0 Å². The highest BCUT2D eigenvalue weighted by Gasteiger charge is 2.50. The summed E-state index contributed by atoms with van der Waals surface area (Å²) in [6.07, 6.45) is 9.02. The predicted octanol–water partition coefficient (Wildman–Crippen LogP) is 10.3. The average molecular weight is 613 g/mol. The highest BCUT2D eigenvalue weighted by molar-refractivity contribution is 7.09. The van der Waals surface area contributed by atoms with Crippen molar-refractivity contribution in [3.63, 3.8) is 0 Å². The zero-order valence-corrected chi connectivity index (χ0v) is 31.2. The van der Waals surface area contributed by atoms with Crippen LogP contribution in [0.15, 0.2) is 17.5 Å². The molecule has 0 amide bonds. The van der Waals surface area contributed by atoms with Crippen molar-refractivity contribution in [2.24, 2.45) is 0 Å². The van der Waals surface area contributed by atoms with Gasteiger partial charge in [-0.2, -0.15) is 0 Å². The minimum atomic E-state index is -1.91. The summed E-state index contributed by atoms with van der Waals surface area (Å²) in [5, 5.41) is 2.25. The van der Waals surface area contributed by atoms with Gasteiger partial charge in [0.1, 0.15) is 5.60 Å². The molecule has 1 aromatic heterocycles. The Morgan fingerprint density at radius 3 is 1.74 bits per heavy atom. The third kappa shape index (κ3) is 9.23. The van der Waals surface area contributed by atoms with Crippen LogP contribution in [0, 0.1) is 0 Å². The van der Waals surface area contributed by atoms with E-state index in [-0.39, 0.29) is 17.8 Å². The maximum absolute atomic E-state index is 7.45. The van der Waals surface area contributed by atoms with Crippen LogP contribution in [0.2, 0.25) is 81.6 Å². The van der Waals surface area contributed by atoms with Crippen LogP contribution >= 0.6 is 11.3 Å². The monoisotopic (exact) mass is 612 g/mol. The molecule has 2 fully saturated rings. The maximum atomic E-state index is 7.45. The molecule has 2 aliphatic rings. The summed E-state index contributed by atoms with van der Waals surface area (Å²) >= 11 is 1.94. The molecule has 2 atom stereocenters. The molecule has 38 heavy (non-hydrogen) atoms. The Hall–Kier alpha value is 0.448. The van der Waals surface area contributed by atoms with Gasteiger partial charge in [0.05, 0.1) is 20.3 Å². The second-order valence-corrected chi connectivity index (χ2v) is 33.4. The summed E-state index contributed by atoms with van der Waals surface area (Å²) in [5.74, 6) is 0. The van der Waals surface area contributed by atoms with E-state index >= 15 is 0 Å². The van der Waals surface area contributed by atoms with E-state index in [4.69, 9.17) is 13.3 Å². The number of rotatable bonds is 6. The lowest BCUT2D eigenvalue weighted by molar-refractivity contribution is -0.111. The number of aryl methyl sites for hydroxylation is 1. The molecule has 0 aromatic carbocycles.